The lowest BCUT2D eigenvalue weighted by Gasteiger charge is -2.18. The number of nitrogen functional groups attached to an aromatic ring is 1. The molecule has 96 valence electrons. The zero-order valence-electron chi connectivity index (χ0n) is 11.4. The summed E-state index contributed by atoms with van der Waals surface area (Å²) in [5.74, 6) is 1.02. The first-order chi connectivity index (χ1) is 8.49. The van der Waals surface area contributed by atoms with Crippen LogP contribution in [0.3, 0.4) is 0 Å². The second-order valence-electron chi connectivity index (χ2n) is 5.03. The first kappa shape index (κ1) is 12.5. The number of hydrogen-bond donors (Lipinski definition) is 2. The normalized spacial score (nSPS) is 10.9. The molecule has 0 unspecified atom stereocenters. The van der Waals surface area contributed by atoms with E-state index in [-0.39, 0.29) is 0 Å². The Bertz CT molecular complexity index is 540. The lowest BCUT2D eigenvalue weighted by molar-refractivity contribution is 0.866. The molecule has 1 aromatic carbocycles. The van der Waals surface area contributed by atoms with Gasteiger partial charge in [-0.2, -0.15) is 5.10 Å². The topological polar surface area (TPSA) is 57.9 Å². The molecule has 0 saturated carbocycles. The van der Waals surface area contributed by atoms with Crippen LogP contribution >= 0.6 is 0 Å². The van der Waals surface area contributed by atoms with Crippen LogP contribution in [-0.2, 0) is 0 Å². The number of nitrogens with zero attached hydrogens (tertiary/aromatic N) is 2. The van der Waals surface area contributed by atoms with Gasteiger partial charge in [-0.05, 0) is 23.6 Å². The summed E-state index contributed by atoms with van der Waals surface area (Å²) < 4.78 is 0. The smallest absolute Gasteiger partial charge is 0.145 e. The molecule has 3 N–H and O–H groups in total. The minimum absolute atomic E-state index is 0.500. The number of aromatic nitrogens is 2. The summed E-state index contributed by atoms with van der Waals surface area (Å²) in [4.78, 5) is 2.09. The largest absolute Gasteiger partial charge is 0.382 e. The predicted octanol–water partition coefficient (Wildman–Crippen LogP) is 2.85. The molecule has 4 heteroatoms. The average molecular weight is 244 g/mol. The molecule has 18 heavy (non-hydrogen) atoms. The van der Waals surface area contributed by atoms with E-state index in [2.05, 4.69) is 47.1 Å². The fourth-order valence-corrected chi connectivity index (χ4v) is 1.99. The molecule has 0 saturated heterocycles. The third-order valence-electron chi connectivity index (χ3n) is 3.06. The second-order valence-corrected chi connectivity index (χ2v) is 5.03. The Kier molecular flexibility index (Phi) is 3.28. The number of nitrogens with one attached hydrogen (secondary N) is 1. The van der Waals surface area contributed by atoms with Gasteiger partial charge >= 0.3 is 0 Å². The SMILES string of the molecule is CC(C)c1ccc(N(C)C)c(-c2cc(N)n[nH]2)c1. The molecule has 0 bridgehead atoms. The molecule has 2 rings (SSSR count). The lowest BCUT2D eigenvalue weighted by Crippen LogP contribution is -2.10. The van der Waals surface area contributed by atoms with Crippen LogP contribution in [-0.4, -0.2) is 24.3 Å². The summed E-state index contributed by atoms with van der Waals surface area (Å²) in [5.41, 5.74) is 10.2. The number of rotatable bonds is 3. The van der Waals surface area contributed by atoms with Crippen LogP contribution in [0, 0.1) is 0 Å². The fraction of sp³-hybridized carbons (Fsp3) is 0.357. The fourth-order valence-electron chi connectivity index (χ4n) is 1.99. The van der Waals surface area contributed by atoms with E-state index in [9.17, 15) is 0 Å². The second kappa shape index (κ2) is 4.72. The van der Waals surface area contributed by atoms with E-state index < -0.39 is 0 Å². The summed E-state index contributed by atoms with van der Waals surface area (Å²) in [7, 11) is 4.07. The highest BCUT2D eigenvalue weighted by molar-refractivity contribution is 5.78. The van der Waals surface area contributed by atoms with Gasteiger partial charge < -0.3 is 10.6 Å². The molecule has 0 fully saturated rings. The molecule has 0 radical (unpaired) electrons. The van der Waals surface area contributed by atoms with Gasteiger partial charge in [0, 0.05) is 31.4 Å². The minimum Gasteiger partial charge on any atom is -0.382 e. The third kappa shape index (κ3) is 2.32. The zero-order chi connectivity index (χ0) is 13.3. The van der Waals surface area contributed by atoms with Crippen LogP contribution in [0.15, 0.2) is 24.3 Å². The van der Waals surface area contributed by atoms with Crippen LogP contribution in [0.4, 0.5) is 11.5 Å². The van der Waals surface area contributed by atoms with Crippen molar-refractivity contribution in [1.82, 2.24) is 10.2 Å². The lowest BCUT2D eigenvalue weighted by atomic mass is 9.98. The van der Waals surface area contributed by atoms with E-state index in [0.717, 1.165) is 16.9 Å². The molecule has 0 amide bonds. The van der Waals surface area contributed by atoms with Crippen molar-refractivity contribution in [3.8, 4) is 11.3 Å². The van der Waals surface area contributed by atoms with Gasteiger partial charge in [0.1, 0.15) is 5.82 Å². The molecule has 0 atom stereocenters. The molecule has 0 aliphatic heterocycles. The number of aromatic amines is 1. The highest BCUT2D eigenvalue weighted by Crippen LogP contribution is 2.32. The Morgan fingerprint density at radius 3 is 2.44 bits per heavy atom. The minimum atomic E-state index is 0.500. The van der Waals surface area contributed by atoms with Gasteiger partial charge in [-0.1, -0.05) is 19.9 Å². The van der Waals surface area contributed by atoms with Gasteiger partial charge in [-0.15, -0.1) is 0 Å². The standard InChI is InChI=1S/C14H20N4/c1-9(2)10-5-6-13(18(3)4)11(7-10)12-8-14(15)17-16-12/h5-9H,1-4H3,(H3,15,16,17). The maximum atomic E-state index is 5.68. The molecular formula is C14H20N4. The van der Waals surface area contributed by atoms with Crippen molar-refractivity contribution in [3.05, 3.63) is 29.8 Å². The van der Waals surface area contributed by atoms with Gasteiger partial charge in [0.2, 0.25) is 0 Å². The summed E-state index contributed by atoms with van der Waals surface area (Å²) in [6.45, 7) is 4.38. The van der Waals surface area contributed by atoms with Gasteiger partial charge in [0.15, 0.2) is 0 Å². The number of benzene rings is 1. The average Bonchev–Trinajstić information content (AvgIpc) is 2.74. The Morgan fingerprint density at radius 1 is 1.22 bits per heavy atom. The van der Waals surface area contributed by atoms with Crippen molar-refractivity contribution in [2.75, 3.05) is 24.7 Å². The van der Waals surface area contributed by atoms with Crippen LogP contribution in [0.25, 0.3) is 11.3 Å². The van der Waals surface area contributed by atoms with Crippen LogP contribution in [0.2, 0.25) is 0 Å². The molecule has 2 aromatic rings. The number of H-pyrrole nitrogens is 1. The molecule has 1 aromatic heterocycles. The monoisotopic (exact) mass is 244 g/mol. The van der Waals surface area contributed by atoms with E-state index in [1.165, 1.54) is 5.56 Å². The first-order valence-corrected chi connectivity index (χ1v) is 6.11. The zero-order valence-corrected chi connectivity index (χ0v) is 11.4. The highest BCUT2D eigenvalue weighted by atomic mass is 15.2. The van der Waals surface area contributed by atoms with Crippen LogP contribution in [0.5, 0.6) is 0 Å². The van der Waals surface area contributed by atoms with Crippen molar-refractivity contribution in [2.45, 2.75) is 19.8 Å². The molecular weight excluding hydrogens is 224 g/mol. The molecule has 0 aliphatic rings. The van der Waals surface area contributed by atoms with E-state index in [1.54, 1.807) is 0 Å². The van der Waals surface area contributed by atoms with Gasteiger partial charge in [0.25, 0.3) is 0 Å². The van der Waals surface area contributed by atoms with E-state index in [1.807, 2.05) is 20.2 Å². The van der Waals surface area contributed by atoms with E-state index in [4.69, 9.17) is 5.73 Å². The Labute approximate surface area is 108 Å². The summed E-state index contributed by atoms with van der Waals surface area (Å²) in [6.07, 6.45) is 0. The molecule has 1 heterocycles. The van der Waals surface area contributed by atoms with Gasteiger partial charge in [-0.25, -0.2) is 0 Å². The quantitative estimate of drug-likeness (QED) is 0.872. The van der Waals surface area contributed by atoms with Crippen molar-refractivity contribution >= 4 is 11.5 Å². The summed E-state index contributed by atoms with van der Waals surface area (Å²) in [5, 5.41) is 6.98. The van der Waals surface area contributed by atoms with Crippen molar-refractivity contribution in [1.29, 1.82) is 0 Å². The summed E-state index contributed by atoms with van der Waals surface area (Å²) in [6, 6.07) is 8.38. The number of nitrogens with two attached hydrogens (primary N) is 1. The molecule has 0 aliphatic carbocycles. The first-order valence-electron chi connectivity index (χ1n) is 6.11. The number of anilines is 2. The van der Waals surface area contributed by atoms with Crippen LogP contribution in [0.1, 0.15) is 25.3 Å². The molecule has 0 spiro atoms. The Morgan fingerprint density at radius 2 is 1.94 bits per heavy atom. The Hall–Kier alpha value is -1.97. The highest BCUT2D eigenvalue weighted by Gasteiger charge is 2.11. The van der Waals surface area contributed by atoms with Crippen molar-refractivity contribution < 1.29 is 0 Å². The van der Waals surface area contributed by atoms with Gasteiger partial charge in [-0.3, -0.25) is 5.10 Å². The molecule has 4 nitrogen and oxygen atoms in total. The van der Waals surface area contributed by atoms with Crippen molar-refractivity contribution in [3.63, 3.8) is 0 Å². The number of hydrogen-bond acceptors (Lipinski definition) is 3. The van der Waals surface area contributed by atoms with E-state index in [0.29, 0.717) is 11.7 Å². The van der Waals surface area contributed by atoms with Gasteiger partial charge in [0.05, 0.1) is 5.69 Å². The van der Waals surface area contributed by atoms with Crippen LogP contribution < -0.4 is 10.6 Å². The predicted molar refractivity (Wildman–Crippen MR) is 76.9 cm³/mol. The van der Waals surface area contributed by atoms with E-state index >= 15 is 0 Å². The maximum absolute atomic E-state index is 5.68. The van der Waals surface area contributed by atoms with Crippen molar-refractivity contribution in [2.24, 2.45) is 0 Å². The third-order valence-corrected chi connectivity index (χ3v) is 3.06. The maximum Gasteiger partial charge on any atom is 0.145 e. The summed E-state index contributed by atoms with van der Waals surface area (Å²) >= 11 is 0. The Balaban J connectivity index is 2.57.